The van der Waals surface area contributed by atoms with Gasteiger partial charge in [0, 0.05) is 25.0 Å². The Morgan fingerprint density at radius 1 is 1.09 bits per heavy atom. The van der Waals surface area contributed by atoms with E-state index in [1.165, 1.54) is 11.3 Å². The molecule has 8 heteroatoms. The number of nitrogens with zero attached hydrogens (tertiary/aromatic N) is 3. The molecular formula is C24H32F3N3O2. The van der Waals surface area contributed by atoms with Gasteiger partial charge in [-0.2, -0.15) is 18.2 Å². The van der Waals surface area contributed by atoms with E-state index in [1.54, 1.807) is 25.2 Å². The van der Waals surface area contributed by atoms with Crippen molar-refractivity contribution in [2.24, 2.45) is 0 Å². The Balaban J connectivity index is 1.79. The third-order valence-electron chi connectivity index (χ3n) is 5.66. The fourth-order valence-corrected chi connectivity index (χ4v) is 3.84. The van der Waals surface area contributed by atoms with Gasteiger partial charge in [0.2, 0.25) is 0 Å². The van der Waals surface area contributed by atoms with Crippen LogP contribution in [0.2, 0.25) is 0 Å². The molecular weight excluding hydrogens is 419 g/mol. The van der Waals surface area contributed by atoms with Crippen molar-refractivity contribution < 1.29 is 22.6 Å². The molecule has 1 heterocycles. The van der Waals surface area contributed by atoms with E-state index in [2.05, 4.69) is 16.9 Å². The molecule has 1 aromatic heterocycles. The van der Waals surface area contributed by atoms with Gasteiger partial charge in [-0.05, 0) is 44.2 Å². The van der Waals surface area contributed by atoms with Gasteiger partial charge in [0.15, 0.2) is 5.82 Å². The molecule has 0 saturated heterocycles. The van der Waals surface area contributed by atoms with Crippen LogP contribution in [-0.4, -0.2) is 29.7 Å². The molecule has 0 N–H and O–H groups in total. The second kappa shape index (κ2) is 11.4. The summed E-state index contributed by atoms with van der Waals surface area (Å²) in [5, 5.41) is 0. The van der Waals surface area contributed by atoms with E-state index < -0.39 is 11.7 Å². The number of unbranched alkanes of at least 4 members (excludes halogenated alkanes) is 3. The molecule has 1 aliphatic carbocycles. The Kier molecular flexibility index (Phi) is 8.59. The van der Waals surface area contributed by atoms with Crippen LogP contribution in [0.1, 0.15) is 70.3 Å². The molecule has 0 radical (unpaired) electrons. The van der Waals surface area contributed by atoms with E-state index in [4.69, 9.17) is 9.47 Å². The number of rotatable bonds is 10. The molecule has 176 valence electrons. The average molecular weight is 452 g/mol. The fourth-order valence-electron chi connectivity index (χ4n) is 3.84. The summed E-state index contributed by atoms with van der Waals surface area (Å²) in [5.41, 5.74) is -0.353. The molecule has 1 fully saturated rings. The maximum atomic E-state index is 13.7. The number of halogens is 3. The van der Waals surface area contributed by atoms with Gasteiger partial charge in [0.25, 0.3) is 0 Å². The van der Waals surface area contributed by atoms with Crippen LogP contribution in [0.4, 0.5) is 24.7 Å². The molecule has 1 aromatic carbocycles. The summed E-state index contributed by atoms with van der Waals surface area (Å²) in [6.45, 7) is 2.48. The first-order valence-corrected chi connectivity index (χ1v) is 11.5. The van der Waals surface area contributed by atoms with Crippen molar-refractivity contribution in [2.75, 3.05) is 18.6 Å². The van der Waals surface area contributed by atoms with Crippen molar-refractivity contribution in [1.29, 1.82) is 0 Å². The minimum atomic E-state index is -4.58. The second-order valence-electron chi connectivity index (χ2n) is 8.23. The maximum Gasteiger partial charge on any atom is 0.421 e. The fraction of sp³-hybridized carbons (Fsp3) is 0.583. The third kappa shape index (κ3) is 6.74. The second-order valence-corrected chi connectivity index (χ2v) is 8.23. The number of hydrogen-bond donors (Lipinski definition) is 0. The van der Waals surface area contributed by atoms with Crippen molar-refractivity contribution in [3.8, 4) is 11.8 Å². The molecule has 0 aliphatic heterocycles. The molecule has 5 nitrogen and oxygen atoms in total. The van der Waals surface area contributed by atoms with Gasteiger partial charge in [0.05, 0.1) is 12.7 Å². The van der Waals surface area contributed by atoms with E-state index in [9.17, 15) is 13.2 Å². The third-order valence-corrected chi connectivity index (χ3v) is 5.66. The number of ether oxygens (including phenoxy) is 2. The molecule has 0 amide bonds. The normalized spacial score (nSPS) is 14.9. The van der Waals surface area contributed by atoms with Crippen molar-refractivity contribution >= 4 is 11.5 Å². The molecule has 3 rings (SSSR count). The zero-order valence-corrected chi connectivity index (χ0v) is 18.8. The van der Waals surface area contributed by atoms with Gasteiger partial charge in [0.1, 0.15) is 11.3 Å². The smallest absolute Gasteiger partial charge is 0.421 e. The highest BCUT2D eigenvalue weighted by molar-refractivity contribution is 5.64. The maximum absolute atomic E-state index is 13.7. The van der Waals surface area contributed by atoms with Gasteiger partial charge in [-0.15, -0.1) is 0 Å². The molecule has 1 aliphatic rings. The van der Waals surface area contributed by atoms with Crippen LogP contribution in [0.5, 0.6) is 11.8 Å². The molecule has 0 spiro atoms. The molecule has 0 unspecified atom stereocenters. The van der Waals surface area contributed by atoms with Gasteiger partial charge < -0.3 is 14.4 Å². The molecule has 0 atom stereocenters. The van der Waals surface area contributed by atoms with Crippen LogP contribution in [-0.2, 0) is 6.18 Å². The highest BCUT2D eigenvalue weighted by Gasteiger charge is 2.37. The van der Waals surface area contributed by atoms with E-state index in [0.717, 1.165) is 57.6 Å². The summed E-state index contributed by atoms with van der Waals surface area (Å²) < 4.78 is 52.6. The zero-order chi connectivity index (χ0) is 23.0. The lowest BCUT2D eigenvalue weighted by Gasteiger charge is -2.25. The number of hydrogen-bond acceptors (Lipinski definition) is 5. The number of aromatic nitrogens is 2. The summed E-state index contributed by atoms with van der Waals surface area (Å²) >= 11 is 0. The van der Waals surface area contributed by atoms with E-state index in [1.807, 2.05) is 6.07 Å². The standard InChI is InChI=1S/C24H32F3N3O2/c1-3-4-5-9-15-31-23-28-17-21(24(25,26)27)22(29-23)30(2)18-11-10-14-20(16-18)32-19-12-7-6-8-13-19/h10-11,14,16-17,19H,3-9,12-13,15H2,1-2H3. The quantitative estimate of drug-likeness (QED) is 0.366. The minimum absolute atomic E-state index is 0.0500. The summed E-state index contributed by atoms with van der Waals surface area (Å²) in [4.78, 5) is 9.31. The van der Waals surface area contributed by atoms with Crippen LogP contribution >= 0.6 is 0 Å². The molecule has 2 aromatic rings. The van der Waals surface area contributed by atoms with Crippen molar-refractivity contribution in [2.45, 2.75) is 77.0 Å². The largest absolute Gasteiger partial charge is 0.490 e. The average Bonchev–Trinajstić information content (AvgIpc) is 2.78. The summed E-state index contributed by atoms with van der Waals surface area (Å²) in [6.07, 6.45) is 5.86. The topological polar surface area (TPSA) is 47.5 Å². The Morgan fingerprint density at radius 2 is 1.88 bits per heavy atom. The van der Waals surface area contributed by atoms with Gasteiger partial charge >= 0.3 is 12.2 Å². The van der Waals surface area contributed by atoms with Crippen molar-refractivity contribution in [3.05, 3.63) is 36.0 Å². The first kappa shape index (κ1) is 24.1. The summed E-state index contributed by atoms with van der Waals surface area (Å²) in [7, 11) is 1.56. The molecule has 1 saturated carbocycles. The minimum Gasteiger partial charge on any atom is -0.490 e. The van der Waals surface area contributed by atoms with E-state index in [0.29, 0.717) is 18.0 Å². The Hall–Kier alpha value is -2.51. The lowest BCUT2D eigenvalue weighted by Crippen LogP contribution is -2.21. The number of anilines is 2. The van der Waals surface area contributed by atoms with Gasteiger partial charge in [-0.25, -0.2) is 4.98 Å². The van der Waals surface area contributed by atoms with Crippen molar-refractivity contribution in [3.63, 3.8) is 0 Å². The van der Waals surface area contributed by atoms with Crippen LogP contribution in [0.15, 0.2) is 30.5 Å². The van der Waals surface area contributed by atoms with Crippen LogP contribution in [0.3, 0.4) is 0 Å². The Bertz CT molecular complexity index is 855. The van der Waals surface area contributed by atoms with Gasteiger partial charge in [-0.1, -0.05) is 38.7 Å². The van der Waals surface area contributed by atoms with Crippen LogP contribution in [0.25, 0.3) is 0 Å². The van der Waals surface area contributed by atoms with Gasteiger partial charge in [-0.3, -0.25) is 0 Å². The van der Waals surface area contributed by atoms with E-state index in [-0.39, 0.29) is 17.9 Å². The van der Waals surface area contributed by atoms with Crippen LogP contribution in [0, 0.1) is 0 Å². The Morgan fingerprint density at radius 3 is 2.59 bits per heavy atom. The SMILES string of the molecule is CCCCCCOc1ncc(C(F)(F)F)c(N(C)c2cccc(OC3CCCCC3)c2)n1. The lowest BCUT2D eigenvalue weighted by molar-refractivity contribution is -0.137. The lowest BCUT2D eigenvalue weighted by atomic mass is 9.98. The Labute approximate surface area is 188 Å². The first-order valence-electron chi connectivity index (χ1n) is 11.5. The zero-order valence-electron chi connectivity index (χ0n) is 18.8. The highest BCUT2D eigenvalue weighted by atomic mass is 19.4. The molecule has 32 heavy (non-hydrogen) atoms. The van der Waals surface area contributed by atoms with E-state index >= 15 is 0 Å². The van der Waals surface area contributed by atoms with Crippen LogP contribution < -0.4 is 14.4 Å². The summed E-state index contributed by atoms with van der Waals surface area (Å²) in [6, 6.07) is 7.06. The predicted octanol–water partition coefficient (Wildman–Crippen LogP) is 6.93. The highest BCUT2D eigenvalue weighted by Crippen LogP contribution is 2.38. The monoisotopic (exact) mass is 451 g/mol. The van der Waals surface area contributed by atoms with Crippen molar-refractivity contribution in [1.82, 2.24) is 9.97 Å². The number of alkyl halides is 3. The first-order chi connectivity index (χ1) is 15.4. The summed E-state index contributed by atoms with van der Waals surface area (Å²) in [5.74, 6) is 0.405. The molecule has 0 bridgehead atoms. The number of benzene rings is 1. The predicted molar refractivity (Wildman–Crippen MR) is 119 cm³/mol.